The van der Waals surface area contributed by atoms with E-state index in [-0.39, 0.29) is 5.41 Å². The zero-order valence-electron chi connectivity index (χ0n) is 31.6. The van der Waals surface area contributed by atoms with Crippen molar-refractivity contribution in [2.24, 2.45) is 0 Å². The number of aryl methyl sites for hydroxylation is 1. The molecule has 1 saturated heterocycles. The highest BCUT2D eigenvalue weighted by atomic mass is 32.3. The molecule has 1 fully saturated rings. The first-order chi connectivity index (χ1) is 26.4. The molecule has 7 aromatic rings. The summed E-state index contributed by atoms with van der Waals surface area (Å²) in [5, 5.41) is 5.29. The average molecular weight is 717 g/mol. The SMILES string of the molecule is C=C1/C=C\CCCc2cc(-c3c4ccccc4c(-c4cccc5c4-c4ccccc4C5(C)C)c4cc(-c5ccccc5)ccc34)ccc2S2(CCCC2)C1. The minimum atomic E-state index is -0.924. The number of rotatable bonds is 3. The van der Waals surface area contributed by atoms with Crippen LogP contribution < -0.4 is 0 Å². The van der Waals surface area contributed by atoms with E-state index in [0.717, 1.165) is 18.6 Å². The van der Waals surface area contributed by atoms with Gasteiger partial charge in [0.1, 0.15) is 0 Å². The van der Waals surface area contributed by atoms with E-state index >= 15 is 0 Å². The molecule has 1 spiro atoms. The Morgan fingerprint density at radius 2 is 1.22 bits per heavy atom. The van der Waals surface area contributed by atoms with Crippen LogP contribution in [0.3, 0.4) is 0 Å². The molecule has 2 heterocycles. The van der Waals surface area contributed by atoms with Crippen molar-refractivity contribution in [2.75, 3.05) is 17.3 Å². The van der Waals surface area contributed by atoms with Gasteiger partial charge in [0.25, 0.3) is 0 Å². The van der Waals surface area contributed by atoms with Crippen molar-refractivity contribution >= 4 is 31.6 Å². The van der Waals surface area contributed by atoms with Gasteiger partial charge in [0, 0.05) is 11.2 Å². The van der Waals surface area contributed by atoms with Crippen LogP contribution in [0.2, 0.25) is 0 Å². The number of fused-ring (bicyclic) bond motifs is 7. The third-order valence-electron chi connectivity index (χ3n) is 12.8. The van der Waals surface area contributed by atoms with Crippen molar-refractivity contribution in [3.05, 3.63) is 174 Å². The van der Waals surface area contributed by atoms with E-state index < -0.39 is 10.0 Å². The highest BCUT2D eigenvalue weighted by molar-refractivity contribution is 8.34. The fourth-order valence-corrected chi connectivity index (χ4v) is 14.8. The predicted molar refractivity (Wildman–Crippen MR) is 236 cm³/mol. The topological polar surface area (TPSA) is 0 Å². The Labute approximate surface area is 322 Å². The molecule has 0 atom stereocenters. The predicted octanol–water partition coefficient (Wildman–Crippen LogP) is 14.7. The van der Waals surface area contributed by atoms with Gasteiger partial charge in [-0.15, -0.1) is 0 Å². The second-order valence-corrected chi connectivity index (χ2v) is 20.0. The van der Waals surface area contributed by atoms with Gasteiger partial charge < -0.3 is 0 Å². The van der Waals surface area contributed by atoms with E-state index in [1.165, 1.54) is 114 Å². The standard InChI is InChI=1S/C53H48S/c1-36-17-6-4-9-20-39-33-40(28-30-49(39)54(35-36)31-14-15-32-54)50-41-21-10-11-22-42(41)51(46-34-38(27-29-43(46)50)37-18-7-5-8-19-37)45-24-16-26-48-52(45)44-23-12-13-25-47(44)53(48,2)3/h5-8,10-13,16-19,21-30,33-34H,1,4,9,14-15,20,31-32,35H2,2-3H3/b17-6-. The van der Waals surface area contributed by atoms with Gasteiger partial charge in [0.15, 0.2) is 0 Å². The third kappa shape index (κ3) is 5.27. The Hall–Kier alpha value is -5.11. The summed E-state index contributed by atoms with van der Waals surface area (Å²) in [6.45, 7) is 9.33. The van der Waals surface area contributed by atoms with Gasteiger partial charge in [0.2, 0.25) is 0 Å². The second kappa shape index (κ2) is 13.0. The molecular formula is C53H48S. The number of benzene rings is 7. The quantitative estimate of drug-likeness (QED) is 0.160. The molecule has 0 unspecified atom stereocenters. The maximum atomic E-state index is 4.55. The number of hydrogen-bond acceptors (Lipinski definition) is 0. The largest absolute Gasteiger partial charge is 0.210 e. The summed E-state index contributed by atoms with van der Waals surface area (Å²) in [5.74, 6) is 3.84. The zero-order valence-corrected chi connectivity index (χ0v) is 32.4. The van der Waals surface area contributed by atoms with Crippen LogP contribution in [0, 0.1) is 0 Å². The van der Waals surface area contributed by atoms with E-state index in [4.69, 9.17) is 0 Å². The molecule has 266 valence electrons. The van der Waals surface area contributed by atoms with Crippen molar-refractivity contribution in [2.45, 2.75) is 56.3 Å². The summed E-state index contributed by atoms with van der Waals surface area (Å²) in [6.07, 6.45) is 10.8. The molecule has 0 aromatic heterocycles. The van der Waals surface area contributed by atoms with Gasteiger partial charge in [-0.25, -0.2) is 10.0 Å². The summed E-state index contributed by atoms with van der Waals surface area (Å²) in [4.78, 5) is 1.66. The number of hydrogen-bond donors (Lipinski definition) is 0. The smallest absolute Gasteiger partial charge is 0.0159 e. The minimum Gasteiger partial charge on any atom is -0.210 e. The van der Waals surface area contributed by atoms with Gasteiger partial charge in [-0.3, -0.25) is 0 Å². The first-order valence-electron chi connectivity index (χ1n) is 19.9. The van der Waals surface area contributed by atoms with Crippen molar-refractivity contribution in [1.82, 2.24) is 0 Å². The first-order valence-corrected chi connectivity index (χ1v) is 22.1. The molecule has 0 amide bonds. The van der Waals surface area contributed by atoms with Crippen molar-refractivity contribution in [3.63, 3.8) is 0 Å². The van der Waals surface area contributed by atoms with Crippen LogP contribution in [-0.2, 0) is 11.8 Å². The van der Waals surface area contributed by atoms with Crippen LogP contribution in [0.25, 0.3) is 66.1 Å². The Morgan fingerprint density at radius 1 is 0.537 bits per heavy atom. The Kier molecular flexibility index (Phi) is 8.07. The second-order valence-electron chi connectivity index (χ2n) is 16.4. The summed E-state index contributed by atoms with van der Waals surface area (Å²) >= 11 is 0. The average Bonchev–Trinajstić information content (AvgIpc) is 3.77. The summed E-state index contributed by atoms with van der Waals surface area (Å²) in [7, 11) is -0.924. The first kappa shape index (κ1) is 33.5. The van der Waals surface area contributed by atoms with Crippen LogP contribution in [-0.4, -0.2) is 17.3 Å². The maximum absolute atomic E-state index is 4.55. The normalized spacial score (nSPS) is 18.3. The molecule has 0 nitrogen and oxygen atoms in total. The minimum absolute atomic E-state index is 0.0673. The lowest BCUT2D eigenvalue weighted by Gasteiger charge is -2.39. The highest BCUT2D eigenvalue weighted by Crippen LogP contribution is 2.63. The molecule has 0 saturated carbocycles. The molecule has 0 bridgehead atoms. The molecule has 7 aromatic carbocycles. The van der Waals surface area contributed by atoms with Crippen LogP contribution in [0.15, 0.2) is 163 Å². The molecule has 10 rings (SSSR count). The molecular weight excluding hydrogens is 669 g/mol. The third-order valence-corrected chi connectivity index (χ3v) is 17.2. The Bertz CT molecular complexity index is 2650. The van der Waals surface area contributed by atoms with E-state index in [2.05, 4.69) is 166 Å². The van der Waals surface area contributed by atoms with Gasteiger partial charge in [-0.2, -0.15) is 0 Å². The fraction of sp³-hybridized carbons (Fsp3) is 0.208. The van der Waals surface area contributed by atoms with E-state index in [0.29, 0.717) is 0 Å². The van der Waals surface area contributed by atoms with Crippen LogP contribution >= 0.6 is 10.0 Å². The van der Waals surface area contributed by atoms with Crippen LogP contribution in [0.5, 0.6) is 0 Å². The van der Waals surface area contributed by atoms with E-state index in [1.807, 2.05) is 0 Å². The molecule has 1 aliphatic carbocycles. The lowest BCUT2D eigenvalue weighted by molar-refractivity contribution is 0.660. The lowest BCUT2D eigenvalue weighted by atomic mass is 9.80. The number of allylic oxidation sites excluding steroid dienone is 2. The summed E-state index contributed by atoms with van der Waals surface area (Å²) in [5.41, 5.74) is 16.3. The van der Waals surface area contributed by atoms with Crippen LogP contribution in [0.4, 0.5) is 0 Å². The highest BCUT2D eigenvalue weighted by Gasteiger charge is 2.37. The van der Waals surface area contributed by atoms with E-state index in [9.17, 15) is 0 Å². The van der Waals surface area contributed by atoms with Gasteiger partial charge in [-0.05, 0) is 149 Å². The van der Waals surface area contributed by atoms with Crippen molar-refractivity contribution < 1.29 is 0 Å². The maximum Gasteiger partial charge on any atom is 0.0159 e. The fourth-order valence-electron chi connectivity index (χ4n) is 10.3. The summed E-state index contributed by atoms with van der Waals surface area (Å²) < 4.78 is 0. The zero-order chi connectivity index (χ0) is 36.4. The van der Waals surface area contributed by atoms with Gasteiger partial charge in [-0.1, -0.05) is 154 Å². The Morgan fingerprint density at radius 3 is 2.06 bits per heavy atom. The van der Waals surface area contributed by atoms with Crippen LogP contribution in [0.1, 0.15) is 56.2 Å². The molecule has 2 aliphatic heterocycles. The molecule has 0 radical (unpaired) electrons. The molecule has 3 aliphatic rings. The summed E-state index contributed by atoms with van der Waals surface area (Å²) in [6, 6.07) is 51.2. The van der Waals surface area contributed by atoms with Gasteiger partial charge in [0.05, 0.1) is 0 Å². The molecule has 0 N–H and O–H groups in total. The molecule has 1 heteroatoms. The van der Waals surface area contributed by atoms with E-state index in [1.54, 1.807) is 10.5 Å². The molecule has 54 heavy (non-hydrogen) atoms. The lowest BCUT2D eigenvalue weighted by Crippen LogP contribution is -2.14. The Balaban J connectivity index is 1.28. The van der Waals surface area contributed by atoms with Gasteiger partial charge >= 0.3 is 0 Å². The van der Waals surface area contributed by atoms with Crippen molar-refractivity contribution in [3.8, 4) is 44.5 Å². The van der Waals surface area contributed by atoms with Crippen molar-refractivity contribution in [1.29, 1.82) is 0 Å². The monoisotopic (exact) mass is 716 g/mol.